The summed E-state index contributed by atoms with van der Waals surface area (Å²) in [5.74, 6) is 1.23. The maximum atomic E-state index is 13.5. The predicted molar refractivity (Wildman–Crippen MR) is 136 cm³/mol. The second kappa shape index (κ2) is 8.59. The van der Waals surface area contributed by atoms with Crippen molar-refractivity contribution in [1.29, 1.82) is 0 Å². The summed E-state index contributed by atoms with van der Waals surface area (Å²) in [5.41, 5.74) is 3.28. The zero-order chi connectivity index (χ0) is 23.9. The molecule has 3 aromatic carbocycles. The lowest BCUT2D eigenvalue weighted by Crippen LogP contribution is -2.30. The van der Waals surface area contributed by atoms with Gasteiger partial charge in [-0.05, 0) is 42.3 Å². The van der Waals surface area contributed by atoms with E-state index in [9.17, 15) is 9.59 Å². The predicted octanol–water partition coefficient (Wildman–Crippen LogP) is 3.72. The fourth-order valence-electron chi connectivity index (χ4n) is 4.56. The number of para-hydroxylation sites is 2. The average molecular weight is 484 g/mol. The first kappa shape index (κ1) is 21.4. The fraction of sp³-hybridized carbons (Fsp3) is 0.154. The van der Waals surface area contributed by atoms with E-state index in [4.69, 9.17) is 4.74 Å². The van der Waals surface area contributed by atoms with E-state index in [0.717, 1.165) is 12.1 Å². The van der Waals surface area contributed by atoms with Crippen molar-refractivity contribution < 1.29 is 9.53 Å². The van der Waals surface area contributed by atoms with Crippen LogP contribution in [0.2, 0.25) is 0 Å². The van der Waals surface area contributed by atoms with Gasteiger partial charge in [0, 0.05) is 18.3 Å². The number of nitrogens with zero attached hydrogens (tertiary/aromatic N) is 5. The van der Waals surface area contributed by atoms with Crippen LogP contribution in [0.3, 0.4) is 0 Å². The van der Waals surface area contributed by atoms with Gasteiger partial charge in [0.15, 0.2) is 5.16 Å². The van der Waals surface area contributed by atoms with Crippen LogP contribution >= 0.6 is 11.8 Å². The van der Waals surface area contributed by atoms with Crippen molar-refractivity contribution in [2.45, 2.75) is 11.6 Å². The number of anilines is 1. The number of aromatic nitrogens is 4. The number of amides is 1. The van der Waals surface area contributed by atoms with E-state index in [1.54, 1.807) is 19.2 Å². The summed E-state index contributed by atoms with van der Waals surface area (Å²) >= 11 is 1.32. The number of thioether (sulfide) groups is 1. The number of methoxy groups -OCH3 is 1. The first-order valence-corrected chi connectivity index (χ1v) is 12.2. The Bertz CT molecular complexity index is 1660. The number of benzene rings is 3. The first-order chi connectivity index (χ1) is 17.2. The van der Waals surface area contributed by atoms with E-state index in [0.29, 0.717) is 39.8 Å². The smallest absolute Gasteiger partial charge is 0.267 e. The first-order valence-electron chi connectivity index (χ1n) is 11.2. The number of hydrogen-bond acceptors (Lipinski definition) is 6. The van der Waals surface area contributed by atoms with Crippen LogP contribution in [0.4, 0.5) is 5.69 Å². The van der Waals surface area contributed by atoms with Gasteiger partial charge in [-0.3, -0.25) is 14.0 Å². The van der Waals surface area contributed by atoms with Crippen LogP contribution in [0, 0.1) is 0 Å². The number of fused-ring (bicyclic) bond motifs is 4. The van der Waals surface area contributed by atoms with Gasteiger partial charge in [-0.2, -0.15) is 0 Å². The number of ether oxygens (including phenoxy) is 1. The Morgan fingerprint density at radius 3 is 2.74 bits per heavy atom. The fourth-order valence-corrected chi connectivity index (χ4v) is 5.37. The van der Waals surface area contributed by atoms with E-state index in [1.165, 1.54) is 21.9 Å². The molecule has 9 heteroatoms. The third-order valence-corrected chi connectivity index (χ3v) is 7.13. The monoisotopic (exact) mass is 483 g/mol. The SMILES string of the molecule is COc1cccc(-n2c(=O)c3ccccc3n3c(SCC(=O)N4CCc5ccccc54)nnc23)c1. The molecule has 5 aromatic rings. The molecule has 1 aliphatic rings. The Hall–Kier alpha value is -4.11. The molecular formula is C26H21N5O3S. The lowest BCUT2D eigenvalue weighted by Gasteiger charge is -2.17. The van der Waals surface area contributed by atoms with Crippen LogP contribution < -0.4 is 15.2 Å². The zero-order valence-electron chi connectivity index (χ0n) is 18.9. The van der Waals surface area contributed by atoms with Crippen LogP contribution in [-0.2, 0) is 11.2 Å². The maximum Gasteiger partial charge on any atom is 0.267 e. The Labute approximate surface area is 204 Å². The molecule has 6 rings (SSSR count). The van der Waals surface area contributed by atoms with Gasteiger partial charge >= 0.3 is 0 Å². The summed E-state index contributed by atoms with van der Waals surface area (Å²) in [4.78, 5) is 28.4. The van der Waals surface area contributed by atoms with E-state index in [-0.39, 0.29) is 17.2 Å². The van der Waals surface area contributed by atoms with Gasteiger partial charge in [-0.25, -0.2) is 4.57 Å². The summed E-state index contributed by atoms with van der Waals surface area (Å²) in [6.45, 7) is 0.678. The molecule has 0 atom stereocenters. The van der Waals surface area contributed by atoms with Crippen molar-refractivity contribution in [2.75, 3.05) is 24.3 Å². The van der Waals surface area contributed by atoms with E-state index in [1.807, 2.05) is 63.9 Å². The highest BCUT2D eigenvalue weighted by Gasteiger charge is 2.25. The topological polar surface area (TPSA) is 81.7 Å². The molecule has 0 bridgehead atoms. The normalized spacial score (nSPS) is 12.9. The maximum absolute atomic E-state index is 13.5. The molecule has 0 saturated carbocycles. The quantitative estimate of drug-likeness (QED) is 0.355. The number of carbonyl (C=O) groups is 1. The molecule has 0 unspecified atom stereocenters. The number of carbonyl (C=O) groups excluding carboxylic acids is 1. The minimum Gasteiger partial charge on any atom is -0.497 e. The highest BCUT2D eigenvalue weighted by Crippen LogP contribution is 2.29. The molecule has 35 heavy (non-hydrogen) atoms. The second-order valence-corrected chi connectivity index (χ2v) is 9.13. The molecule has 0 N–H and O–H groups in total. The van der Waals surface area contributed by atoms with Gasteiger partial charge in [0.2, 0.25) is 11.7 Å². The third-order valence-electron chi connectivity index (χ3n) is 6.22. The third kappa shape index (κ3) is 3.55. The molecule has 0 aliphatic carbocycles. The minimum absolute atomic E-state index is 0.0159. The molecule has 0 fully saturated rings. The van der Waals surface area contributed by atoms with E-state index in [2.05, 4.69) is 16.3 Å². The molecule has 8 nitrogen and oxygen atoms in total. The van der Waals surface area contributed by atoms with Crippen LogP contribution in [0.1, 0.15) is 5.56 Å². The van der Waals surface area contributed by atoms with Gasteiger partial charge in [-0.1, -0.05) is 48.2 Å². The van der Waals surface area contributed by atoms with Crippen LogP contribution in [-0.4, -0.2) is 44.5 Å². The number of hydrogen-bond donors (Lipinski definition) is 0. The van der Waals surface area contributed by atoms with Crippen LogP contribution in [0.25, 0.3) is 22.4 Å². The van der Waals surface area contributed by atoms with Crippen molar-refractivity contribution in [3.05, 3.63) is 88.7 Å². The van der Waals surface area contributed by atoms with Crippen LogP contribution in [0.5, 0.6) is 5.75 Å². The van der Waals surface area contributed by atoms with Gasteiger partial charge in [0.05, 0.1) is 29.5 Å². The van der Waals surface area contributed by atoms with Crippen molar-refractivity contribution in [2.24, 2.45) is 0 Å². The lowest BCUT2D eigenvalue weighted by atomic mass is 10.2. The molecule has 1 aliphatic heterocycles. The van der Waals surface area contributed by atoms with Crippen molar-refractivity contribution >= 4 is 40.0 Å². The molecule has 1 amide bonds. The Morgan fingerprint density at radius 2 is 1.86 bits per heavy atom. The Kier molecular flexibility index (Phi) is 5.26. The van der Waals surface area contributed by atoms with Gasteiger partial charge in [0.25, 0.3) is 5.56 Å². The molecule has 0 radical (unpaired) electrons. The highest BCUT2D eigenvalue weighted by molar-refractivity contribution is 7.99. The summed E-state index contributed by atoms with van der Waals surface area (Å²) < 4.78 is 8.72. The molecule has 0 spiro atoms. The molecule has 174 valence electrons. The van der Waals surface area contributed by atoms with Crippen molar-refractivity contribution in [3.8, 4) is 11.4 Å². The molecule has 3 heterocycles. The largest absolute Gasteiger partial charge is 0.497 e. The van der Waals surface area contributed by atoms with Gasteiger partial charge in [0.1, 0.15) is 5.75 Å². The second-order valence-electron chi connectivity index (χ2n) is 8.19. The average Bonchev–Trinajstić information content (AvgIpc) is 3.52. The summed E-state index contributed by atoms with van der Waals surface area (Å²) in [5, 5.41) is 9.82. The molecule has 2 aromatic heterocycles. The Morgan fingerprint density at radius 1 is 1.03 bits per heavy atom. The summed E-state index contributed by atoms with van der Waals surface area (Å²) in [6.07, 6.45) is 0.859. The molecule has 0 saturated heterocycles. The van der Waals surface area contributed by atoms with E-state index < -0.39 is 0 Å². The van der Waals surface area contributed by atoms with Crippen LogP contribution in [0.15, 0.2) is 82.7 Å². The molecular weight excluding hydrogens is 462 g/mol. The minimum atomic E-state index is -0.199. The number of rotatable bonds is 5. The highest BCUT2D eigenvalue weighted by atomic mass is 32.2. The summed E-state index contributed by atoms with van der Waals surface area (Å²) in [7, 11) is 1.58. The van der Waals surface area contributed by atoms with Gasteiger partial charge < -0.3 is 9.64 Å². The Balaban J connectivity index is 1.42. The van der Waals surface area contributed by atoms with Crippen molar-refractivity contribution in [1.82, 2.24) is 19.2 Å². The standard InChI is InChI=1S/C26H21N5O3S/c1-34-19-9-6-8-18(15-19)30-24(33)20-10-3-5-12-22(20)31-25(30)27-28-26(31)35-16-23(32)29-14-13-17-7-2-4-11-21(17)29/h2-12,15H,13-14,16H2,1H3. The zero-order valence-corrected chi connectivity index (χ0v) is 19.7. The summed E-state index contributed by atoms with van der Waals surface area (Å²) in [6, 6.07) is 22.6. The van der Waals surface area contributed by atoms with Crippen molar-refractivity contribution in [3.63, 3.8) is 0 Å². The van der Waals surface area contributed by atoms with Gasteiger partial charge in [-0.15, -0.1) is 10.2 Å². The van der Waals surface area contributed by atoms with E-state index >= 15 is 0 Å². The lowest BCUT2D eigenvalue weighted by molar-refractivity contribution is -0.116.